The maximum Gasteiger partial charge on any atom is 0.154 e. The molecule has 112 valence electrons. The van der Waals surface area contributed by atoms with Crippen LogP contribution in [0.4, 0.5) is 4.39 Å². The van der Waals surface area contributed by atoms with E-state index >= 15 is 0 Å². The summed E-state index contributed by atoms with van der Waals surface area (Å²) in [4.78, 5) is 0. The minimum absolute atomic E-state index is 0.172. The Morgan fingerprint density at radius 1 is 1.40 bits per heavy atom. The molecule has 0 spiro atoms. The number of benzene rings is 1. The highest BCUT2D eigenvalue weighted by atomic mass is 79.9. The van der Waals surface area contributed by atoms with E-state index in [1.807, 2.05) is 6.07 Å². The average Bonchev–Trinajstić information content (AvgIpc) is 2.35. The first-order chi connectivity index (χ1) is 9.42. The summed E-state index contributed by atoms with van der Waals surface area (Å²) in [5.74, 6) is -0.0430. The van der Waals surface area contributed by atoms with Crippen LogP contribution in [0.1, 0.15) is 24.8 Å². The number of sulfone groups is 1. The fourth-order valence-electron chi connectivity index (χ4n) is 2.83. The molecule has 0 saturated carbocycles. The third-order valence-electron chi connectivity index (χ3n) is 3.83. The average molecular weight is 364 g/mol. The lowest BCUT2D eigenvalue weighted by Gasteiger charge is -2.30. The van der Waals surface area contributed by atoms with Crippen molar-refractivity contribution in [2.24, 2.45) is 0 Å². The summed E-state index contributed by atoms with van der Waals surface area (Å²) in [5.41, 5.74) is 0.803. The fraction of sp³-hybridized carbons (Fsp3) is 0.571. The molecule has 1 fully saturated rings. The van der Waals surface area contributed by atoms with Gasteiger partial charge in [0, 0.05) is 10.5 Å². The van der Waals surface area contributed by atoms with Crippen LogP contribution >= 0.6 is 15.9 Å². The molecule has 20 heavy (non-hydrogen) atoms. The minimum Gasteiger partial charge on any atom is -0.315 e. The lowest BCUT2D eigenvalue weighted by Crippen LogP contribution is -2.46. The predicted molar refractivity (Wildman–Crippen MR) is 82.1 cm³/mol. The van der Waals surface area contributed by atoms with E-state index in [2.05, 4.69) is 21.2 Å². The van der Waals surface area contributed by atoms with E-state index in [0.717, 1.165) is 18.4 Å². The van der Waals surface area contributed by atoms with E-state index < -0.39 is 9.84 Å². The molecule has 0 bridgehead atoms. The van der Waals surface area contributed by atoms with Gasteiger partial charge in [0.2, 0.25) is 0 Å². The molecule has 0 amide bonds. The molecule has 0 aromatic heterocycles. The molecule has 1 heterocycles. The van der Waals surface area contributed by atoms with Crippen LogP contribution < -0.4 is 5.32 Å². The van der Waals surface area contributed by atoms with Crippen LogP contribution in [0.5, 0.6) is 0 Å². The number of hydrogen-bond donors (Lipinski definition) is 1. The molecule has 1 aromatic carbocycles. The van der Waals surface area contributed by atoms with Crippen LogP contribution in [-0.4, -0.2) is 32.5 Å². The van der Waals surface area contributed by atoms with Crippen molar-refractivity contribution in [1.82, 2.24) is 5.32 Å². The molecule has 2 atom stereocenters. The molecule has 1 aliphatic heterocycles. The maximum atomic E-state index is 13.4. The van der Waals surface area contributed by atoms with E-state index in [4.69, 9.17) is 0 Å². The molecular formula is C14H19BrFNO2S. The predicted octanol–water partition coefficient (Wildman–Crippen LogP) is 2.69. The van der Waals surface area contributed by atoms with Gasteiger partial charge in [-0.25, -0.2) is 12.8 Å². The Kier molecular flexibility index (Phi) is 5.20. The van der Waals surface area contributed by atoms with Gasteiger partial charge in [0.15, 0.2) is 9.84 Å². The van der Waals surface area contributed by atoms with E-state index in [1.54, 1.807) is 7.05 Å². The maximum absolute atomic E-state index is 13.4. The van der Waals surface area contributed by atoms with Crippen molar-refractivity contribution in [2.75, 3.05) is 12.8 Å². The smallest absolute Gasteiger partial charge is 0.154 e. The molecule has 2 rings (SSSR count). The Morgan fingerprint density at radius 3 is 2.75 bits per heavy atom. The number of nitrogens with one attached hydrogen (secondary N) is 1. The molecule has 6 heteroatoms. The largest absolute Gasteiger partial charge is 0.315 e. The van der Waals surface area contributed by atoms with E-state index in [9.17, 15) is 12.8 Å². The highest BCUT2D eigenvalue weighted by molar-refractivity contribution is 9.10. The summed E-state index contributed by atoms with van der Waals surface area (Å²) in [6, 6.07) is 4.52. The highest BCUT2D eigenvalue weighted by Crippen LogP contribution is 2.25. The lowest BCUT2D eigenvalue weighted by atomic mass is 9.99. The zero-order valence-electron chi connectivity index (χ0n) is 11.4. The van der Waals surface area contributed by atoms with Crippen LogP contribution in [-0.2, 0) is 16.3 Å². The Bertz CT molecular complexity index is 556. The quantitative estimate of drug-likeness (QED) is 0.894. The Hall–Kier alpha value is -0.460. The topological polar surface area (TPSA) is 46.2 Å². The molecule has 1 N–H and O–H groups in total. The van der Waals surface area contributed by atoms with Crippen LogP contribution in [0.2, 0.25) is 0 Å². The van der Waals surface area contributed by atoms with Crippen molar-refractivity contribution in [1.29, 1.82) is 0 Å². The third-order valence-corrected chi connectivity index (χ3v) is 6.63. The van der Waals surface area contributed by atoms with Crippen molar-refractivity contribution < 1.29 is 12.8 Å². The van der Waals surface area contributed by atoms with Gasteiger partial charge in [-0.3, -0.25) is 0 Å². The first-order valence-electron chi connectivity index (χ1n) is 6.76. The molecule has 1 aliphatic rings. The van der Waals surface area contributed by atoms with Gasteiger partial charge >= 0.3 is 0 Å². The van der Waals surface area contributed by atoms with Crippen molar-refractivity contribution in [2.45, 2.75) is 37.0 Å². The zero-order chi connectivity index (χ0) is 14.8. The van der Waals surface area contributed by atoms with Crippen LogP contribution in [0.3, 0.4) is 0 Å². The fourth-order valence-corrected chi connectivity index (χ4v) is 5.51. The van der Waals surface area contributed by atoms with Crippen molar-refractivity contribution >= 4 is 25.8 Å². The monoisotopic (exact) mass is 363 g/mol. The summed E-state index contributed by atoms with van der Waals surface area (Å²) in [6.07, 6.45) is 2.89. The first kappa shape index (κ1) is 15.9. The summed E-state index contributed by atoms with van der Waals surface area (Å²) in [5, 5.41) is 2.73. The van der Waals surface area contributed by atoms with Gasteiger partial charge in [0.1, 0.15) is 5.82 Å². The molecule has 1 aromatic rings. The van der Waals surface area contributed by atoms with Gasteiger partial charge in [-0.15, -0.1) is 0 Å². The normalized spacial score (nSPS) is 23.4. The van der Waals surface area contributed by atoms with Gasteiger partial charge in [-0.2, -0.15) is 0 Å². The molecule has 1 saturated heterocycles. The second-order valence-electron chi connectivity index (χ2n) is 5.28. The number of rotatable bonds is 4. The van der Waals surface area contributed by atoms with Crippen LogP contribution in [0, 0.1) is 5.82 Å². The summed E-state index contributed by atoms with van der Waals surface area (Å²) in [6.45, 7) is 0. The molecular weight excluding hydrogens is 345 g/mol. The molecule has 2 unspecified atom stereocenters. The number of likely N-dealkylation sites (N-methyl/N-ethyl adjacent to an activating group) is 1. The van der Waals surface area contributed by atoms with Gasteiger partial charge < -0.3 is 5.32 Å². The second-order valence-corrected chi connectivity index (χ2v) is 8.53. The van der Waals surface area contributed by atoms with Crippen molar-refractivity contribution in [3.05, 3.63) is 34.1 Å². The molecule has 0 radical (unpaired) electrons. The summed E-state index contributed by atoms with van der Waals surface area (Å²) < 4.78 is 38.4. The van der Waals surface area contributed by atoms with Gasteiger partial charge in [0.25, 0.3) is 0 Å². The lowest BCUT2D eigenvalue weighted by molar-refractivity contribution is 0.455. The van der Waals surface area contributed by atoms with Crippen molar-refractivity contribution in [3.63, 3.8) is 0 Å². The van der Waals surface area contributed by atoms with Gasteiger partial charge in [-0.05, 0) is 50.1 Å². The van der Waals surface area contributed by atoms with E-state index in [0.29, 0.717) is 17.3 Å². The Morgan fingerprint density at radius 2 is 2.15 bits per heavy atom. The summed E-state index contributed by atoms with van der Waals surface area (Å²) in [7, 11) is -1.28. The SMILES string of the molecule is CNC(Cc1cc(F)cc(Br)c1)C1CCCCS1(=O)=O. The van der Waals surface area contributed by atoms with Crippen LogP contribution in [0.25, 0.3) is 0 Å². The van der Waals surface area contributed by atoms with E-state index in [1.165, 1.54) is 12.1 Å². The standard InChI is InChI=1S/C14H19BrFNO2S/c1-17-13(14-4-2-3-5-20(14,18)19)8-10-6-11(15)9-12(16)7-10/h6-7,9,13-14,17H,2-5,8H2,1H3. The highest BCUT2D eigenvalue weighted by Gasteiger charge is 2.34. The van der Waals surface area contributed by atoms with Gasteiger partial charge in [-0.1, -0.05) is 22.4 Å². The number of hydrogen-bond acceptors (Lipinski definition) is 3. The van der Waals surface area contributed by atoms with Gasteiger partial charge in [0.05, 0.1) is 11.0 Å². The van der Waals surface area contributed by atoms with Crippen molar-refractivity contribution in [3.8, 4) is 0 Å². The van der Waals surface area contributed by atoms with E-state index in [-0.39, 0.29) is 22.9 Å². The first-order valence-corrected chi connectivity index (χ1v) is 9.27. The minimum atomic E-state index is -3.04. The Labute approximate surface area is 128 Å². The Balaban J connectivity index is 2.20. The second kappa shape index (κ2) is 6.54. The zero-order valence-corrected chi connectivity index (χ0v) is 13.8. The molecule has 3 nitrogen and oxygen atoms in total. The summed E-state index contributed by atoms with van der Waals surface area (Å²) >= 11 is 3.26. The van der Waals surface area contributed by atoms with Crippen LogP contribution in [0.15, 0.2) is 22.7 Å². The third kappa shape index (κ3) is 3.80. The number of halogens is 2. The molecule has 0 aliphatic carbocycles.